The zero-order valence-corrected chi connectivity index (χ0v) is 11.7. The van der Waals surface area contributed by atoms with Gasteiger partial charge in [0.1, 0.15) is 0 Å². The van der Waals surface area contributed by atoms with Gasteiger partial charge in [-0.2, -0.15) is 8.42 Å². The van der Waals surface area contributed by atoms with E-state index in [1.54, 1.807) is 12.1 Å². The largest absolute Gasteiger partial charge is 0.330 e. The van der Waals surface area contributed by atoms with E-state index in [-0.39, 0.29) is 4.90 Å². The summed E-state index contributed by atoms with van der Waals surface area (Å²) < 4.78 is 30.5. The van der Waals surface area contributed by atoms with E-state index >= 15 is 0 Å². The van der Waals surface area contributed by atoms with Crippen LogP contribution in [0.15, 0.2) is 47.4 Å². The molecule has 0 amide bonds. The molecule has 0 aliphatic heterocycles. The minimum absolute atomic E-state index is 0.0730. The Hall–Kier alpha value is -1.43. The normalized spacial score (nSPS) is 10.9. The molecule has 104 valence electrons. The molecule has 0 saturated heterocycles. The van der Waals surface area contributed by atoms with Crippen molar-refractivity contribution in [3.05, 3.63) is 42.5 Å². The first-order chi connectivity index (χ1) is 8.99. The average molecular weight is 281 g/mol. The van der Waals surface area contributed by atoms with Crippen molar-refractivity contribution in [2.24, 2.45) is 5.73 Å². The van der Waals surface area contributed by atoms with Gasteiger partial charge in [0.05, 0.1) is 4.90 Å². The van der Waals surface area contributed by atoms with Crippen LogP contribution < -0.4 is 5.73 Å². The lowest BCUT2D eigenvalue weighted by Crippen LogP contribution is -1.97. The Balaban J connectivity index is 0.000000312. The van der Waals surface area contributed by atoms with Crippen LogP contribution in [0.4, 0.5) is 0 Å². The number of unbranched alkanes of at least 4 members (excludes halogenated alkanes) is 1. The quantitative estimate of drug-likeness (QED) is 0.848. The first-order valence-corrected chi connectivity index (χ1v) is 7.59. The molecule has 0 fully saturated rings. The van der Waals surface area contributed by atoms with Crippen molar-refractivity contribution < 1.29 is 13.0 Å². The molecule has 19 heavy (non-hydrogen) atoms. The maximum Gasteiger partial charge on any atom is 0.294 e. The van der Waals surface area contributed by atoms with Crippen molar-refractivity contribution in [3.63, 3.8) is 0 Å². The van der Waals surface area contributed by atoms with Crippen LogP contribution in [0.1, 0.15) is 19.8 Å². The Bertz CT molecular complexity index is 621. The highest BCUT2D eigenvalue weighted by Crippen LogP contribution is 2.18. The maximum atomic E-state index is 10.8. The van der Waals surface area contributed by atoms with E-state index in [1.807, 2.05) is 18.2 Å². The first-order valence-electron chi connectivity index (χ1n) is 6.15. The van der Waals surface area contributed by atoms with Gasteiger partial charge in [-0.3, -0.25) is 4.55 Å². The van der Waals surface area contributed by atoms with E-state index in [9.17, 15) is 8.42 Å². The molecule has 0 bridgehead atoms. The third-order valence-corrected chi connectivity index (χ3v) is 3.43. The van der Waals surface area contributed by atoms with Crippen LogP contribution in [0.25, 0.3) is 10.8 Å². The van der Waals surface area contributed by atoms with E-state index in [0.717, 1.165) is 17.3 Å². The van der Waals surface area contributed by atoms with Crippen LogP contribution in [0.5, 0.6) is 0 Å². The lowest BCUT2D eigenvalue weighted by atomic mass is 10.1. The molecule has 0 heterocycles. The Labute approximate surface area is 114 Å². The van der Waals surface area contributed by atoms with Crippen LogP contribution in [-0.4, -0.2) is 19.5 Å². The lowest BCUT2D eigenvalue weighted by Gasteiger charge is -1.99. The highest BCUT2D eigenvalue weighted by Gasteiger charge is 2.08. The van der Waals surface area contributed by atoms with Gasteiger partial charge in [0, 0.05) is 0 Å². The van der Waals surface area contributed by atoms with E-state index in [4.69, 9.17) is 10.3 Å². The predicted molar refractivity (Wildman–Crippen MR) is 77.7 cm³/mol. The maximum absolute atomic E-state index is 10.8. The van der Waals surface area contributed by atoms with E-state index < -0.39 is 10.1 Å². The summed E-state index contributed by atoms with van der Waals surface area (Å²) in [5.74, 6) is 0. The second kappa shape index (κ2) is 7.23. The van der Waals surface area contributed by atoms with E-state index in [0.29, 0.717) is 0 Å². The zero-order valence-electron chi connectivity index (χ0n) is 10.9. The zero-order chi connectivity index (χ0) is 14.3. The molecule has 0 aromatic heterocycles. The molecule has 5 heteroatoms. The third-order valence-electron chi connectivity index (χ3n) is 2.58. The number of hydrogen-bond donors (Lipinski definition) is 2. The smallest absolute Gasteiger partial charge is 0.294 e. The second-order valence-corrected chi connectivity index (χ2v) is 5.55. The Kier molecular flexibility index (Phi) is 5.95. The minimum Gasteiger partial charge on any atom is -0.330 e. The van der Waals surface area contributed by atoms with E-state index in [2.05, 4.69) is 6.92 Å². The molecule has 0 saturated carbocycles. The molecule has 4 nitrogen and oxygen atoms in total. The van der Waals surface area contributed by atoms with Gasteiger partial charge in [-0.15, -0.1) is 0 Å². The second-order valence-electron chi connectivity index (χ2n) is 4.13. The van der Waals surface area contributed by atoms with Crippen molar-refractivity contribution >= 4 is 20.9 Å². The Morgan fingerprint density at radius 3 is 2.21 bits per heavy atom. The van der Waals surface area contributed by atoms with Gasteiger partial charge < -0.3 is 5.73 Å². The molecule has 2 rings (SSSR count). The van der Waals surface area contributed by atoms with Gasteiger partial charge in [0.15, 0.2) is 0 Å². The van der Waals surface area contributed by atoms with Crippen molar-refractivity contribution in [1.29, 1.82) is 0 Å². The summed E-state index contributed by atoms with van der Waals surface area (Å²) in [6.07, 6.45) is 2.39. The highest BCUT2D eigenvalue weighted by molar-refractivity contribution is 7.85. The van der Waals surface area contributed by atoms with Gasteiger partial charge >= 0.3 is 0 Å². The minimum atomic E-state index is -4.09. The fourth-order valence-electron chi connectivity index (χ4n) is 1.53. The van der Waals surface area contributed by atoms with Crippen LogP contribution >= 0.6 is 0 Å². The van der Waals surface area contributed by atoms with Crippen LogP contribution in [0.3, 0.4) is 0 Å². The summed E-state index contributed by atoms with van der Waals surface area (Å²) in [6.45, 7) is 2.98. The van der Waals surface area contributed by atoms with Crippen molar-refractivity contribution in [1.82, 2.24) is 0 Å². The van der Waals surface area contributed by atoms with Crippen LogP contribution in [-0.2, 0) is 10.1 Å². The SMILES string of the molecule is CCCCN.O=S(=O)(O)c1ccc2ccccc2c1. The predicted octanol–water partition coefficient (Wildman–Crippen LogP) is 2.83. The van der Waals surface area contributed by atoms with Crippen LogP contribution in [0, 0.1) is 0 Å². The molecule has 3 N–H and O–H groups in total. The van der Waals surface area contributed by atoms with Crippen molar-refractivity contribution in [2.75, 3.05) is 6.54 Å². The molecule has 0 spiro atoms. The monoisotopic (exact) mass is 281 g/mol. The molecular weight excluding hydrogens is 262 g/mol. The summed E-state index contributed by atoms with van der Waals surface area (Å²) in [7, 11) is -4.09. The van der Waals surface area contributed by atoms with Crippen molar-refractivity contribution in [2.45, 2.75) is 24.7 Å². The number of hydrogen-bond acceptors (Lipinski definition) is 3. The summed E-state index contributed by atoms with van der Waals surface area (Å²) in [6, 6.07) is 11.9. The topological polar surface area (TPSA) is 80.4 Å². The average Bonchev–Trinajstić information content (AvgIpc) is 2.39. The Morgan fingerprint density at radius 2 is 1.74 bits per heavy atom. The summed E-state index contributed by atoms with van der Waals surface area (Å²) >= 11 is 0. The molecule has 0 radical (unpaired) electrons. The molecule has 2 aromatic rings. The Morgan fingerprint density at radius 1 is 1.11 bits per heavy atom. The van der Waals surface area contributed by atoms with Crippen LogP contribution in [0.2, 0.25) is 0 Å². The third kappa shape index (κ3) is 4.98. The molecule has 0 atom stereocenters. The van der Waals surface area contributed by atoms with Gasteiger partial charge in [-0.25, -0.2) is 0 Å². The summed E-state index contributed by atoms with van der Waals surface area (Å²) in [4.78, 5) is -0.0730. The number of fused-ring (bicyclic) bond motifs is 1. The van der Waals surface area contributed by atoms with Gasteiger partial charge in [0.2, 0.25) is 0 Å². The first kappa shape index (κ1) is 15.6. The standard InChI is InChI=1S/C10H8O3S.C4H11N/c11-14(12,13)10-6-5-8-3-1-2-4-9(8)7-10;1-2-3-4-5/h1-7H,(H,11,12,13);2-5H2,1H3. The molecule has 2 aromatic carbocycles. The number of nitrogens with two attached hydrogens (primary N) is 1. The summed E-state index contributed by atoms with van der Waals surface area (Å²) in [5, 5.41) is 1.74. The fraction of sp³-hybridized carbons (Fsp3) is 0.286. The van der Waals surface area contributed by atoms with Gasteiger partial charge in [-0.1, -0.05) is 43.7 Å². The molecular formula is C14H19NO3S. The van der Waals surface area contributed by atoms with E-state index in [1.165, 1.54) is 25.0 Å². The number of benzene rings is 2. The molecule has 0 aliphatic carbocycles. The van der Waals surface area contributed by atoms with Gasteiger partial charge in [-0.05, 0) is 35.9 Å². The highest BCUT2D eigenvalue weighted by atomic mass is 32.2. The summed E-state index contributed by atoms with van der Waals surface area (Å²) in [5.41, 5.74) is 5.14. The van der Waals surface area contributed by atoms with Crippen molar-refractivity contribution in [3.8, 4) is 0 Å². The fourth-order valence-corrected chi connectivity index (χ4v) is 2.05. The lowest BCUT2D eigenvalue weighted by molar-refractivity contribution is 0.483. The number of rotatable bonds is 3. The molecule has 0 unspecified atom stereocenters. The van der Waals surface area contributed by atoms with Gasteiger partial charge in [0.25, 0.3) is 10.1 Å². The molecule has 0 aliphatic rings.